The summed E-state index contributed by atoms with van der Waals surface area (Å²) in [5, 5.41) is 0.638. The van der Waals surface area contributed by atoms with Gasteiger partial charge in [0.25, 0.3) is 5.56 Å². The molecular formula is C19H18N4OS. The molecule has 0 bridgehead atoms. The number of hydrogen-bond donors (Lipinski definition) is 0. The van der Waals surface area contributed by atoms with Crippen molar-refractivity contribution in [3.8, 4) is 16.1 Å². The zero-order valence-electron chi connectivity index (χ0n) is 14.6. The molecule has 0 radical (unpaired) electrons. The lowest BCUT2D eigenvalue weighted by Gasteiger charge is -2.13. The molecule has 0 fully saturated rings. The highest BCUT2D eigenvalue weighted by molar-refractivity contribution is 7.10. The quantitative estimate of drug-likeness (QED) is 0.554. The Morgan fingerprint density at radius 2 is 1.96 bits per heavy atom. The van der Waals surface area contributed by atoms with E-state index in [2.05, 4.69) is 15.4 Å². The van der Waals surface area contributed by atoms with Gasteiger partial charge in [0, 0.05) is 25.9 Å². The molecular weight excluding hydrogens is 332 g/mol. The standard InChI is InChI=1S/C19H18N4OS/c1-11-5-6-14(12(2)9-11)23-10-20-16-15(19(23)24)18-13(7-8-21-25-18)17(16)22(3)4/h5-10H,1-4H3. The molecule has 2 aromatic rings. The van der Waals surface area contributed by atoms with E-state index in [1.165, 1.54) is 17.1 Å². The number of benzene rings is 1. The van der Waals surface area contributed by atoms with Crippen LogP contribution in [0.15, 0.2) is 41.6 Å². The summed E-state index contributed by atoms with van der Waals surface area (Å²) >= 11 is 1.34. The predicted molar refractivity (Wildman–Crippen MR) is 103 cm³/mol. The van der Waals surface area contributed by atoms with Crippen molar-refractivity contribution in [3.63, 3.8) is 0 Å². The van der Waals surface area contributed by atoms with Crippen LogP contribution in [0.3, 0.4) is 0 Å². The number of anilines is 1. The van der Waals surface area contributed by atoms with E-state index in [0.717, 1.165) is 32.9 Å². The van der Waals surface area contributed by atoms with Crippen molar-refractivity contribution in [1.82, 2.24) is 13.9 Å². The van der Waals surface area contributed by atoms with Crippen molar-refractivity contribution < 1.29 is 0 Å². The maximum absolute atomic E-state index is 13.3. The highest BCUT2D eigenvalue weighted by Crippen LogP contribution is 2.43. The Morgan fingerprint density at radius 3 is 2.68 bits per heavy atom. The Kier molecular flexibility index (Phi) is 3.58. The van der Waals surface area contributed by atoms with Gasteiger partial charge >= 0.3 is 0 Å². The molecule has 1 aliphatic heterocycles. The van der Waals surface area contributed by atoms with Crippen LogP contribution in [0.2, 0.25) is 0 Å². The van der Waals surface area contributed by atoms with Crippen LogP contribution in [0.5, 0.6) is 0 Å². The van der Waals surface area contributed by atoms with Crippen LogP contribution in [0.4, 0.5) is 5.69 Å². The van der Waals surface area contributed by atoms with E-state index in [1.54, 1.807) is 17.1 Å². The molecule has 5 nitrogen and oxygen atoms in total. The van der Waals surface area contributed by atoms with Crippen molar-refractivity contribution in [2.24, 2.45) is 0 Å². The molecule has 0 amide bonds. The van der Waals surface area contributed by atoms with Crippen molar-refractivity contribution in [3.05, 3.63) is 58.3 Å². The van der Waals surface area contributed by atoms with E-state index >= 15 is 0 Å². The van der Waals surface area contributed by atoms with E-state index in [0.29, 0.717) is 5.39 Å². The van der Waals surface area contributed by atoms with Crippen molar-refractivity contribution in [2.75, 3.05) is 19.0 Å². The first-order chi connectivity index (χ1) is 12.0. The first-order valence-electron chi connectivity index (χ1n) is 8.01. The van der Waals surface area contributed by atoms with Crippen LogP contribution in [0.25, 0.3) is 27.0 Å². The molecule has 0 saturated heterocycles. The minimum Gasteiger partial charge on any atom is -0.375 e. The van der Waals surface area contributed by atoms with Gasteiger partial charge in [-0.05, 0) is 43.1 Å². The zero-order valence-corrected chi connectivity index (χ0v) is 15.4. The molecule has 25 heavy (non-hydrogen) atoms. The SMILES string of the molecule is Cc1ccc(-n2cnc3c(N(C)C)c4ccnsc-4c3c2=O)c(C)c1. The Hall–Kier alpha value is -2.73. The maximum atomic E-state index is 13.3. The molecule has 0 spiro atoms. The Morgan fingerprint density at radius 1 is 1.16 bits per heavy atom. The molecule has 0 unspecified atom stereocenters. The van der Waals surface area contributed by atoms with E-state index in [-0.39, 0.29) is 5.56 Å². The second-order valence-corrected chi connectivity index (χ2v) is 7.23. The van der Waals surface area contributed by atoms with Gasteiger partial charge in [-0.2, -0.15) is 0 Å². The molecule has 0 atom stereocenters. The van der Waals surface area contributed by atoms with Crippen LogP contribution >= 0.6 is 11.5 Å². The van der Waals surface area contributed by atoms with E-state index < -0.39 is 0 Å². The van der Waals surface area contributed by atoms with Gasteiger partial charge in [0.1, 0.15) is 11.8 Å². The third-order valence-electron chi connectivity index (χ3n) is 4.43. The molecule has 0 saturated carbocycles. The zero-order chi connectivity index (χ0) is 17.7. The number of fused-ring (bicyclic) bond motifs is 3. The second kappa shape index (κ2) is 5.67. The third kappa shape index (κ3) is 2.33. The lowest BCUT2D eigenvalue weighted by Crippen LogP contribution is -2.19. The first-order valence-corrected chi connectivity index (χ1v) is 8.79. The van der Waals surface area contributed by atoms with E-state index in [9.17, 15) is 4.79 Å². The van der Waals surface area contributed by atoms with Gasteiger partial charge in [-0.3, -0.25) is 9.36 Å². The summed E-state index contributed by atoms with van der Waals surface area (Å²) in [5.74, 6) is 0. The highest BCUT2D eigenvalue weighted by Gasteiger charge is 2.24. The third-order valence-corrected chi connectivity index (χ3v) is 5.26. The Balaban J connectivity index is 2.10. The Labute approximate surface area is 149 Å². The summed E-state index contributed by atoms with van der Waals surface area (Å²) in [6, 6.07) is 8.00. The summed E-state index contributed by atoms with van der Waals surface area (Å²) in [6.45, 7) is 4.06. The lowest BCUT2D eigenvalue weighted by molar-refractivity contribution is 0.952. The molecule has 1 aromatic carbocycles. The monoisotopic (exact) mass is 350 g/mol. The van der Waals surface area contributed by atoms with Crippen LogP contribution < -0.4 is 10.5 Å². The van der Waals surface area contributed by atoms with Gasteiger partial charge in [0.15, 0.2) is 0 Å². The van der Waals surface area contributed by atoms with Gasteiger partial charge in [-0.15, -0.1) is 0 Å². The van der Waals surface area contributed by atoms with Crippen molar-refractivity contribution in [1.29, 1.82) is 0 Å². The van der Waals surface area contributed by atoms with Gasteiger partial charge < -0.3 is 4.90 Å². The van der Waals surface area contributed by atoms with Gasteiger partial charge in [0.05, 0.1) is 21.6 Å². The van der Waals surface area contributed by atoms with Crippen molar-refractivity contribution >= 4 is 28.1 Å². The fourth-order valence-corrected chi connectivity index (χ4v) is 4.11. The molecule has 4 rings (SSSR count). The highest BCUT2D eigenvalue weighted by atomic mass is 32.1. The van der Waals surface area contributed by atoms with Gasteiger partial charge in [0.2, 0.25) is 0 Å². The second-order valence-electron chi connectivity index (χ2n) is 6.43. The van der Waals surface area contributed by atoms with Crippen LogP contribution in [-0.4, -0.2) is 28.0 Å². The molecule has 2 aliphatic rings. The minimum atomic E-state index is -0.0562. The number of hydrogen-bond acceptors (Lipinski definition) is 5. The summed E-state index contributed by atoms with van der Waals surface area (Å²) in [5.41, 5.74) is 5.74. The van der Waals surface area contributed by atoms with Gasteiger partial charge in [-0.25, -0.2) is 9.36 Å². The largest absolute Gasteiger partial charge is 0.375 e. The van der Waals surface area contributed by atoms with Crippen LogP contribution in [0.1, 0.15) is 11.1 Å². The lowest BCUT2D eigenvalue weighted by atomic mass is 10.1. The maximum Gasteiger partial charge on any atom is 0.267 e. The molecule has 6 heteroatoms. The number of aryl methyl sites for hydroxylation is 2. The number of nitrogens with zero attached hydrogens (tertiary/aromatic N) is 4. The van der Waals surface area contributed by atoms with Gasteiger partial charge in [-0.1, -0.05) is 17.7 Å². The summed E-state index contributed by atoms with van der Waals surface area (Å²) in [4.78, 5) is 20.8. The predicted octanol–water partition coefficient (Wildman–Crippen LogP) is 3.63. The van der Waals surface area contributed by atoms with E-state index in [1.807, 2.05) is 51.0 Å². The molecule has 0 N–H and O–H groups in total. The minimum absolute atomic E-state index is 0.0562. The number of rotatable bonds is 2. The summed E-state index contributed by atoms with van der Waals surface area (Å²) in [6.07, 6.45) is 3.40. The van der Waals surface area contributed by atoms with E-state index in [4.69, 9.17) is 0 Å². The topological polar surface area (TPSA) is 51.0 Å². The fraction of sp³-hybridized carbons (Fsp3) is 0.211. The van der Waals surface area contributed by atoms with Crippen molar-refractivity contribution in [2.45, 2.75) is 13.8 Å². The fourth-order valence-electron chi connectivity index (χ4n) is 3.35. The molecule has 1 aromatic heterocycles. The molecule has 2 heterocycles. The van der Waals surface area contributed by atoms with Crippen LogP contribution in [0, 0.1) is 13.8 Å². The smallest absolute Gasteiger partial charge is 0.267 e. The van der Waals surface area contributed by atoms with Crippen LogP contribution in [-0.2, 0) is 0 Å². The Bertz CT molecular complexity index is 1130. The first kappa shape index (κ1) is 15.8. The summed E-state index contributed by atoms with van der Waals surface area (Å²) in [7, 11) is 3.94. The average molecular weight is 350 g/mol. The normalized spacial score (nSPS) is 11.4. The number of aromatic nitrogens is 3. The molecule has 1 aliphatic carbocycles. The average Bonchev–Trinajstić information content (AvgIpc) is 2.91. The molecule has 126 valence electrons. The summed E-state index contributed by atoms with van der Waals surface area (Å²) < 4.78 is 5.89.